The van der Waals surface area contributed by atoms with Crippen molar-refractivity contribution < 1.29 is 9.90 Å². The minimum atomic E-state index is -0.396. The zero-order valence-electron chi connectivity index (χ0n) is 11.5. The van der Waals surface area contributed by atoms with E-state index >= 15 is 0 Å². The molecular formula is C14H21N3O2. The van der Waals surface area contributed by atoms with E-state index in [1.807, 2.05) is 13.1 Å². The topological polar surface area (TPSA) is 58.4 Å². The van der Waals surface area contributed by atoms with Gasteiger partial charge in [-0.15, -0.1) is 0 Å². The van der Waals surface area contributed by atoms with Crippen molar-refractivity contribution in [1.29, 1.82) is 0 Å². The van der Waals surface area contributed by atoms with Gasteiger partial charge in [0.1, 0.15) is 0 Å². The van der Waals surface area contributed by atoms with Crippen molar-refractivity contribution in [1.82, 2.24) is 14.7 Å². The van der Waals surface area contributed by atoms with Gasteiger partial charge in [-0.3, -0.25) is 9.48 Å². The van der Waals surface area contributed by atoms with Crippen LogP contribution in [-0.2, 0) is 11.8 Å². The van der Waals surface area contributed by atoms with Crippen molar-refractivity contribution in [3.05, 3.63) is 24.0 Å². The first-order valence-electron chi connectivity index (χ1n) is 6.70. The molecule has 1 aromatic rings. The largest absolute Gasteiger partial charge is 0.391 e. The van der Waals surface area contributed by atoms with Gasteiger partial charge in [0.2, 0.25) is 5.91 Å². The number of aromatic nitrogens is 2. The Kier molecular flexibility index (Phi) is 4.37. The SMILES string of the molecule is CN(C(=O)/C=C/c1ccnn1C)C1CCCCC1O. The van der Waals surface area contributed by atoms with Crippen LogP contribution in [0.3, 0.4) is 0 Å². The normalized spacial score (nSPS) is 23.7. The predicted octanol–water partition coefficient (Wildman–Crippen LogP) is 1.20. The fraction of sp³-hybridized carbons (Fsp3) is 0.571. The van der Waals surface area contributed by atoms with E-state index in [9.17, 15) is 9.90 Å². The molecule has 2 unspecified atom stereocenters. The molecule has 1 aliphatic rings. The quantitative estimate of drug-likeness (QED) is 0.834. The number of amides is 1. The molecule has 1 aromatic heterocycles. The van der Waals surface area contributed by atoms with Gasteiger partial charge in [-0.1, -0.05) is 12.8 Å². The zero-order valence-corrected chi connectivity index (χ0v) is 11.5. The molecule has 1 amide bonds. The fourth-order valence-corrected chi connectivity index (χ4v) is 2.53. The van der Waals surface area contributed by atoms with E-state index < -0.39 is 6.10 Å². The van der Waals surface area contributed by atoms with Crippen LogP contribution in [-0.4, -0.2) is 44.9 Å². The Morgan fingerprint density at radius 2 is 2.26 bits per heavy atom. The van der Waals surface area contributed by atoms with Crippen molar-refractivity contribution in [2.24, 2.45) is 7.05 Å². The molecule has 19 heavy (non-hydrogen) atoms. The van der Waals surface area contributed by atoms with Crippen molar-refractivity contribution in [2.45, 2.75) is 37.8 Å². The second-order valence-electron chi connectivity index (χ2n) is 5.08. The van der Waals surface area contributed by atoms with Crippen molar-refractivity contribution >= 4 is 12.0 Å². The number of rotatable bonds is 3. The van der Waals surface area contributed by atoms with Crippen LogP contribution in [0.4, 0.5) is 0 Å². The maximum Gasteiger partial charge on any atom is 0.246 e. The average Bonchev–Trinajstić information content (AvgIpc) is 2.81. The van der Waals surface area contributed by atoms with E-state index in [2.05, 4.69) is 5.10 Å². The molecule has 0 aromatic carbocycles. The van der Waals surface area contributed by atoms with Crippen molar-refractivity contribution in [3.63, 3.8) is 0 Å². The van der Waals surface area contributed by atoms with Crippen molar-refractivity contribution in [2.75, 3.05) is 7.05 Å². The third kappa shape index (κ3) is 3.23. The molecule has 5 heteroatoms. The molecule has 5 nitrogen and oxygen atoms in total. The number of carbonyl (C=O) groups is 1. The number of carbonyl (C=O) groups excluding carboxylic acids is 1. The second kappa shape index (κ2) is 6.02. The third-order valence-electron chi connectivity index (χ3n) is 3.79. The predicted molar refractivity (Wildman–Crippen MR) is 73.3 cm³/mol. The molecule has 1 saturated carbocycles. The van der Waals surface area contributed by atoms with Crippen LogP contribution in [0.25, 0.3) is 6.08 Å². The number of aliphatic hydroxyl groups excluding tert-OH is 1. The standard InChI is InChI=1S/C14H21N3O2/c1-16(12-5-3-4-6-13(12)18)14(19)8-7-11-9-10-15-17(11)2/h7-10,12-13,18H,3-6H2,1-2H3/b8-7+. The highest BCUT2D eigenvalue weighted by Crippen LogP contribution is 2.22. The maximum atomic E-state index is 12.1. The van der Waals surface area contributed by atoms with E-state index in [0.29, 0.717) is 0 Å². The minimum absolute atomic E-state index is 0.0579. The molecular weight excluding hydrogens is 242 g/mol. The second-order valence-corrected chi connectivity index (χ2v) is 5.08. The molecule has 0 bridgehead atoms. The summed E-state index contributed by atoms with van der Waals surface area (Å²) in [5.74, 6) is -0.0767. The van der Waals surface area contributed by atoms with Crippen molar-refractivity contribution in [3.8, 4) is 0 Å². The number of likely N-dealkylation sites (N-methyl/N-ethyl adjacent to an activating group) is 1. The van der Waals surface area contributed by atoms with Gasteiger partial charge in [-0.2, -0.15) is 5.10 Å². The number of hydrogen-bond acceptors (Lipinski definition) is 3. The Morgan fingerprint density at radius 3 is 2.89 bits per heavy atom. The summed E-state index contributed by atoms with van der Waals surface area (Å²) in [6.07, 6.45) is 8.37. The molecule has 1 N–H and O–H groups in total. The Hall–Kier alpha value is -1.62. The highest BCUT2D eigenvalue weighted by molar-refractivity contribution is 5.91. The monoisotopic (exact) mass is 263 g/mol. The highest BCUT2D eigenvalue weighted by atomic mass is 16.3. The van der Waals surface area contributed by atoms with E-state index in [0.717, 1.165) is 31.4 Å². The van der Waals surface area contributed by atoms with Crippen LogP contribution in [0.1, 0.15) is 31.4 Å². The number of hydrogen-bond donors (Lipinski definition) is 1. The van der Waals surface area contributed by atoms with Gasteiger partial charge in [0, 0.05) is 26.4 Å². The summed E-state index contributed by atoms with van der Waals surface area (Å²) in [4.78, 5) is 13.7. The molecule has 2 atom stereocenters. The molecule has 2 rings (SSSR count). The fourth-order valence-electron chi connectivity index (χ4n) is 2.53. The first-order chi connectivity index (χ1) is 9.09. The third-order valence-corrected chi connectivity index (χ3v) is 3.79. The molecule has 0 saturated heterocycles. The molecule has 1 fully saturated rings. The van der Waals surface area contributed by atoms with Gasteiger partial charge in [0.05, 0.1) is 17.8 Å². The molecule has 1 heterocycles. The Morgan fingerprint density at radius 1 is 1.53 bits per heavy atom. The zero-order chi connectivity index (χ0) is 13.8. The molecule has 1 aliphatic carbocycles. The lowest BCUT2D eigenvalue weighted by atomic mass is 9.91. The maximum absolute atomic E-state index is 12.1. The van der Waals surface area contributed by atoms with Crippen LogP contribution >= 0.6 is 0 Å². The van der Waals surface area contributed by atoms with E-state index in [1.165, 1.54) is 0 Å². The van der Waals surface area contributed by atoms with Gasteiger partial charge < -0.3 is 10.0 Å². The minimum Gasteiger partial charge on any atom is -0.391 e. The summed E-state index contributed by atoms with van der Waals surface area (Å²) in [6.45, 7) is 0. The lowest BCUT2D eigenvalue weighted by Gasteiger charge is -2.34. The summed E-state index contributed by atoms with van der Waals surface area (Å²) in [5.41, 5.74) is 0.881. The Bertz CT molecular complexity index is 467. The summed E-state index contributed by atoms with van der Waals surface area (Å²) < 4.78 is 1.71. The Labute approximate surface area is 113 Å². The van der Waals surface area contributed by atoms with Gasteiger partial charge >= 0.3 is 0 Å². The number of aliphatic hydroxyl groups is 1. The smallest absolute Gasteiger partial charge is 0.246 e. The summed E-state index contributed by atoms with van der Waals surface area (Å²) >= 11 is 0. The summed E-state index contributed by atoms with van der Waals surface area (Å²) in [5, 5.41) is 14.0. The van der Waals surface area contributed by atoms with Gasteiger partial charge in [0.15, 0.2) is 0 Å². The van der Waals surface area contributed by atoms with Crippen LogP contribution in [0.5, 0.6) is 0 Å². The van der Waals surface area contributed by atoms with E-state index in [4.69, 9.17) is 0 Å². The number of aryl methyl sites for hydroxylation is 1. The molecule has 0 radical (unpaired) electrons. The number of nitrogens with zero attached hydrogens (tertiary/aromatic N) is 3. The summed E-state index contributed by atoms with van der Waals surface area (Å²) in [7, 11) is 3.59. The lowest BCUT2D eigenvalue weighted by Crippen LogP contribution is -2.45. The highest BCUT2D eigenvalue weighted by Gasteiger charge is 2.28. The van der Waals surface area contributed by atoms with Crippen LogP contribution in [0, 0.1) is 0 Å². The molecule has 0 spiro atoms. The van der Waals surface area contributed by atoms with E-state index in [-0.39, 0.29) is 11.9 Å². The van der Waals surface area contributed by atoms with Crippen LogP contribution < -0.4 is 0 Å². The molecule has 0 aliphatic heterocycles. The van der Waals surface area contributed by atoms with Gasteiger partial charge in [-0.25, -0.2) is 0 Å². The Balaban J connectivity index is 1.99. The lowest BCUT2D eigenvalue weighted by molar-refractivity contribution is -0.130. The van der Waals surface area contributed by atoms with Crippen LogP contribution in [0.15, 0.2) is 18.3 Å². The average molecular weight is 263 g/mol. The van der Waals surface area contributed by atoms with Gasteiger partial charge in [-0.05, 0) is 25.0 Å². The molecule has 104 valence electrons. The first-order valence-corrected chi connectivity index (χ1v) is 6.70. The first kappa shape index (κ1) is 13.8. The summed E-state index contributed by atoms with van der Waals surface area (Å²) in [6, 6.07) is 1.79. The van der Waals surface area contributed by atoms with E-state index in [1.54, 1.807) is 35.0 Å². The van der Waals surface area contributed by atoms with Gasteiger partial charge in [0.25, 0.3) is 0 Å². The van der Waals surface area contributed by atoms with Crippen LogP contribution in [0.2, 0.25) is 0 Å².